The summed E-state index contributed by atoms with van der Waals surface area (Å²) in [5.41, 5.74) is 0.440. The van der Waals surface area contributed by atoms with E-state index in [0.717, 1.165) is 6.54 Å². The molecule has 0 bridgehead atoms. The van der Waals surface area contributed by atoms with E-state index in [1.54, 1.807) is 41.3 Å². The van der Waals surface area contributed by atoms with Crippen LogP contribution in [0.4, 0.5) is 4.39 Å². The van der Waals surface area contributed by atoms with Gasteiger partial charge in [-0.15, -0.1) is 0 Å². The molecular formula is C24H25FN2O4. The summed E-state index contributed by atoms with van der Waals surface area (Å²) in [7, 11) is 3.89. The minimum absolute atomic E-state index is 0.0238. The smallest absolute Gasteiger partial charge is 0.290 e. The first-order valence-corrected chi connectivity index (χ1v) is 10.4. The van der Waals surface area contributed by atoms with Gasteiger partial charge in [-0.25, -0.2) is 4.39 Å². The minimum atomic E-state index is -0.821. The maximum atomic E-state index is 14.8. The summed E-state index contributed by atoms with van der Waals surface area (Å²) in [5.74, 6) is -0.332. The Hall–Kier alpha value is -3.19. The topological polar surface area (TPSA) is 63.0 Å². The van der Waals surface area contributed by atoms with Crippen LogP contribution in [-0.2, 0) is 0 Å². The maximum Gasteiger partial charge on any atom is 0.290 e. The third kappa shape index (κ3) is 3.81. The van der Waals surface area contributed by atoms with Gasteiger partial charge in [0.05, 0.1) is 23.6 Å². The molecule has 1 unspecified atom stereocenters. The number of hydrogen-bond donors (Lipinski definition) is 0. The molecule has 0 N–H and O–H groups in total. The number of carbonyl (C=O) groups is 1. The Morgan fingerprint density at radius 2 is 1.94 bits per heavy atom. The van der Waals surface area contributed by atoms with Gasteiger partial charge < -0.3 is 19.0 Å². The van der Waals surface area contributed by atoms with Crippen LogP contribution in [0.15, 0.2) is 51.7 Å². The Labute approximate surface area is 179 Å². The highest BCUT2D eigenvalue weighted by Gasteiger charge is 2.43. The Balaban J connectivity index is 1.88. The van der Waals surface area contributed by atoms with Crippen molar-refractivity contribution in [3.63, 3.8) is 0 Å². The Kier molecular flexibility index (Phi) is 5.78. The Morgan fingerprint density at radius 1 is 1.16 bits per heavy atom. The predicted octanol–water partition coefficient (Wildman–Crippen LogP) is 3.83. The molecule has 1 atom stereocenters. The molecule has 1 amide bonds. The fourth-order valence-electron chi connectivity index (χ4n) is 4.06. The van der Waals surface area contributed by atoms with Gasteiger partial charge in [-0.2, -0.15) is 0 Å². The van der Waals surface area contributed by atoms with Crippen molar-refractivity contribution in [2.75, 3.05) is 33.8 Å². The number of amides is 1. The van der Waals surface area contributed by atoms with Crippen molar-refractivity contribution in [2.24, 2.45) is 0 Å². The summed E-state index contributed by atoms with van der Waals surface area (Å²) in [6.07, 6.45) is 0.680. The lowest BCUT2D eigenvalue weighted by Crippen LogP contribution is -2.32. The highest BCUT2D eigenvalue weighted by molar-refractivity contribution is 5.99. The second-order valence-corrected chi connectivity index (χ2v) is 7.84. The molecule has 1 aliphatic heterocycles. The van der Waals surface area contributed by atoms with E-state index < -0.39 is 17.8 Å². The second-order valence-electron chi connectivity index (χ2n) is 7.84. The molecule has 162 valence electrons. The molecule has 7 heteroatoms. The van der Waals surface area contributed by atoms with Crippen LogP contribution in [0, 0.1) is 5.82 Å². The van der Waals surface area contributed by atoms with Gasteiger partial charge in [0.1, 0.15) is 17.1 Å². The molecule has 4 rings (SSSR count). The normalized spacial score (nSPS) is 15.7. The van der Waals surface area contributed by atoms with E-state index in [1.165, 1.54) is 6.07 Å². The monoisotopic (exact) mass is 424 g/mol. The van der Waals surface area contributed by atoms with Crippen molar-refractivity contribution < 1.29 is 18.3 Å². The van der Waals surface area contributed by atoms with Gasteiger partial charge in [0.2, 0.25) is 5.76 Å². The van der Waals surface area contributed by atoms with Gasteiger partial charge in [0, 0.05) is 18.2 Å². The van der Waals surface area contributed by atoms with Gasteiger partial charge in [0.25, 0.3) is 5.91 Å². The number of rotatable bonds is 7. The molecule has 6 nitrogen and oxygen atoms in total. The predicted molar refractivity (Wildman–Crippen MR) is 116 cm³/mol. The highest BCUT2D eigenvalue weighted by Crippen LogP contribution is 2.39. The van der Waals surface area contributed by atoms with E-state index >= 15 is 0 Å². The Bertz CT molecular complexity index is 1190. The average molecular weight is 424 g/mol. The van der Waals surface area contributed by atoms with E-state index in [1.807, 2.05) is 25.9 Å². The van der Waals surface area contributed by atoms with E-state index in [2.05, 4.69) is 0 Å². The summed E-state index contributed by atoms with van der Waals surface area (Å²) in [5, 5.41) is 0.339. The fourth-order valence-corrected chi connectivity index (χ4v) is 4.06. The van der Waals surface area contributed by atoms with Crippen molar-refractivity contribution in [1.82, 2.24) is 9.80 Å². The molecule has 3 aromatic rings. The quantitative estimate of drug-likeness (QED) is 0.577. The molecule has 0 saturated carbocycles. The maximum absolute atomic E-state index is 14.8. The first-order chi connectivity index (χ1) is 14.9. The molecule has 0 saturated heterocycles. The number of carbonyl (C=O) groups excluding carboxylic acids is 1. The molecule has 1 aromatic heterocycles. The number of benzene rings is 2. The van der Waals surface area contributed by atoms with Crippen LogP contribution in [-0.4, -0.2) is 49.5 Å². The first kappa shape index (κ1) is 21.1. The fraction of sp³-hybridized carbons (Fsp3) is 0.333. The van der Waals surface area contributed by atoms with Gasteiger partial charge in [-0.3, -0.25) is 9.59 Å². The van der Waals surface area contributed by atoms with E-state index in [-0.39, 0.29) is 27.9 Å². The zero-order chi connectivity index (χ0) is 22.1. The van der Waals surface area contributed by atoms with Crippen LogP contribution in [0.5, 0.6) is 5.75 Å². The van der Waals surface area contributed by atoms with Gasteiger partial charge in [0.15, 0.2) is 5.43 Å². The number of hydrogen-bond acceptors (Lipinski definition) is 5. The van der Waals surface area contributed by atoms with Crippen LogP contribution in [0.1, 0.15) is 41.1 Å². The number of fused-ring (bicyclic) bond motifs is 2. The summed E-state index contributed by atoms with van der Waals surface area (Å²) in [6.45, 7) is 3.46. The highest BCUT2D eigenvalue weighted by atomic mass is 19.1. The number of ether oxygens (including phenoxy) is 1. The Morgan fingerprint density at radius 3 is 2.65 bits per heavy atom. The molecule has 1 aliphatic rings. The summed E-state index contributed by atoms with van der Waals surface area (Å²) in [6, 6.07) is 10.4. The number of halogens is 1. The lowest BCUT2D eigenvalue weighted by molar-refractivity contribution is 0.0720. The van der Waals surface area contributed by atoms with Crippen molar-refractivity contribution in [3.05, 3.63) is 75.4 Å². The molecule has 0 aliphatic carbocycles. The standard InChI is InChI=1S/C24H25FN2O4/c1-4-30-15-10-11-17-19(14-15)31-23-20(22(17)28)21(16-8-5-6-9-18(16)25)27(24(23)29)13-7-12-26(2)3/h5-6,8-11,14,21H,4,7,12-13H2,1-3H3. The zero-order valence-electron chi connectivity index (χ0n) is 17.9. The lowest BCUT2D eigenvalue weighted by atomic mass is 9.98. The average Bonchev–Trinajstić information content (AvgIpc) is 3.01. The van der Waals surface area contributed by atoms with Crippen molar-refractivity contribution in [3.8, 4) is 5.75 Å². The van der Waals surface area contributed by atoms with Gasteiger partial charge in [-0.1, -0.05) is 18.2 Å². The van der Waals surface area contributed by atoms with Crippen molar-refractivity contribution >= 4 is 16.9 Å². The van der Waals surface area contributed by atoms with Crippen molar-refractivity contribution in [2.45, 2.75) is 19.4 Å². The zero-order valence-corrected chi connectivity index (χ0v) is 17.9. The molecule has 0 spiro atoms. The number of nitrogens with zero attached hydrogens (tertiary/aromatic N) is 2. The first-order valence-electron chi connectivity index (χ1n) is 10.4. The van der Waals surface area contributed by atoms with Crippen LogP contribution < -0.4 is 10.2 Å². The van der Waals surface area contributed by atoms with Gasteiger partial charge >= 0.3 is 0 Å². The molecular weight excluding hydrogens is 399 g/mol. The molecule has 2 aromatic carbocycles. The molecule has 2 heterocycles. The second kappa shape index (κ2) is 8.51. The lowest BCUT2D eigenvalue weighted by Gasteiger charge is -2.26. The SMILES string of the molecule is CCOc1ccc2c(=O)c3c(oc2c1)C(=O)N(CCCN(C)C)C3c1ccccc1F. The van der Waals surface area contributed by atoms with E-state index in [9.17, 15) is 14.0 Å². The third-order valence-corrected chi connectivity index (χ3v) is 5.45. The summed E-state index contributed by atoms with van der Waals surface area (Å²) >= 11 is 0. The molecule has 31 heavy (non-hydrogen) atoms. The summed E-state index contributed by atoms with van der Waals surface area (Å²) < 4.78 is 26.2. The van der Waals surface area contributed by atoms with Crippen LogP contribution >= 0.6 is 0 Å². The van der Waals surface area contributed by atoms with Crippen LogP contribution in [0.25, 0.3) is 11.0 Å². The molecule has 0 fully saturated rings. The largest absolute Gasteiger partial charge is 0.494 e. The van der Waals surface area contributed by atoms with Gasteiger partial charge in [-0.05, 0) is 52.2 Å². The van der Waals surface area contributed by atoms with Crippen LogP contribution in [0.2, 0.25) is 0 Å². The summed E-state index contributed by atoms with van der Waals surface area (Å²) in [4.78, 5) is 30.3. The van der Waals surface area contributed by atoms with Crippen molar-refractivity contribution in [1.29, 1.82) is 0 Å². The van der Waals surface area contributed by atoms with E-state index in [4.69, 9.17) is 9.15 Å². The minimum Gasteiger partial charge on any atom is -0.494 e. The molecule has 0 radical (unpaired) electrons. The van der Waals surface area contributed by atoms with Crippen LogP contribution in [0.3, 0.4) is 0 Å². The van der Waals surface area contributed by atoms with E-state index in [0.29, 0.717) is 30.7 Å². The third-order valence-electron chi connectivity index (χ3n) is 5.45.